The van der Waals surface area contributed by atoms with Gasteiger partial charge in [-0.3, -0.25) is 0 Å². The minimum Gasteiger partial charge on any atom is -0.465 e. The Labute approximate surface area is 121 Å². The maximum atomic E-state index is 13.4. The van der Waals surface area contributed by atoms with Gasteiger partial charge in [0, 0.05) is 10.9 Å². The van der Waals surface area contributed by atoms with Gasteiger partial charge in [0.1, 0.15) is 5.82 Å². The Balaban J connectivity index is 2.30. The lowest BCUT2D eigenvalue weighted by molar-refractivity contribution is 0.0603. The summed E-state index contributed by atoms with van der Waals surface area (Å²) >= 11 is 0. The minimum atomic E-state index is -0.509. The summed E-state index contributed by atoms with van der Waals surface area (Å²) in [4.78, 5) is 16.4. The van der Waals surface area contributed by atoms with Crippen molar-refractivity contribution >= 4 is 16.9 Å². The zero-order valence-electron chi connectivity index (χ0n) is 11.3. The van der Waals surface area contributed by atoms with Crippen LogP contribution in [0.3, 0.4) is 0 Å². The van der Waals surface area contributed by atoms with E-state index in [4.69, 9.17) is 4.74 Å². The maximum absolute atomic E-state index is 13.4. The fraction of sp³-hybridized carbons (Fsp3) is 0.0588. The molecule has 0 spiro atoms. The van der Waals surface area contributed by atoms with Crippen LogP contribution in [-0.2, 0) is 4.74 Å². The number of nitrogens with zero attached hydrogens (tertiary/aromatic N) is 1. The fourth-order valence-electron chi connectivity index (χ4n) is 2.23. The molecule has 3 rings (SSSR count). The van der Waals surface area contributed by atoms with Gasteiger partial charge in [-0.1, -0.05) is 30.3 Å². The Hall–Kier alpha value is -2.75. The number of esters is 1. The van der Waals surface area contributed by atoms with E-state index in [1.165, 1.54) is 19.2 Å². The van der Waals surface area contributed by atoms with Gasteiger partial charge in [0.25, 0.3) is 0 Å². The highest BCUT2D eigenvalue weighted by molar-refractivity contribution is 6.04. The molecule has 1 heterocycles. The molecule has 0 fully saturated rings. The van der Waals surface area contributed by atoms with Crippen molar-refractivity contribution in [3.05, 3.63) is 66.0 Å². The van der Waals surface area contributed by atoms with Crippen molar-refractivity contribution < 1.29 is 13.9 Å². The molecule has 0 bridgehead atoms. The number of ether oxygens (including phenoxy) is 1. The van der Waals surface area contributed by atoms with E-state index in [0.717, 1.165) is 5.56 Å². The molecule has 21 heavy (non-hydrogen) atoms. The molecule has 0 saturated carbocycles. The fourth-order valence-corrected chi connectivity index (χ4v) is 2.23. The standard InChI is InChI=1S/C17H12FNO2/c1-21-17(20)14-10-16(11-5-3-2-4-6-11)19-15-8-7-12(18)9-13(14)15/h2-10H,1H3. The molecule has 0 radical (unpaired) electrons. The molecule has 0 aliphatic carbocycles. The summed E-state index contributed by atoms with van der Waals surface area (Å²) < 4.78 is 18.2. The van der Waals surface area contributed by atoms with Gasteiger partial charge in [0.05, 0.1) is 23.9 Å². The van der Waals surface area contributed by atoms with Crippen LogP contribution < -0.4 is 0 Å². The lowest BCUT2D eigenvalue weighted by Crippen LogP contribution is -2.04. The van der Waals surface area contributed by atoms with Gasteiger partial charge in [-0.2, -0.15) is 0 Å². The van der Waals surface area contributed by atoms with Crippen LogP contribution in [-0.4, -0.2) is 18.1 Å². The highest BCUT2D eigenvalue weighted by Crippen LogP contribution is 2.25. The van der Waals surface area contributed by atoms with Crippen molar-refractivity contribution in [2.24, 2.45) is 0 Å². The normalized spacial score (nSPS) is 10.6. The molecule has 0 N–H and O–H groups in total. The first-order valence-corrected chi connectivity index (χ1v) is 6.43. The second-order valence-corrected chi connectivity index (χ2v) is 4.57. The molecule has 0 atom stereocenters. The number of hydrogen-bond acceptors (Lipinski definition) is 3. The van der Waals surface area contributed by atoms with E-state index in [1.54, 1.807) is 12.1 Å². The Morgan fingerprint density at radius 3 is 2.57 bits per heavy atom. The summed E-state index contributed by atoms with van der Waals surface area (Å²) in [6.07, 6.45) is 0. The van der Waals surface area contributed by atoms with E-state index < -0.39 is 11.8 Å². The molecule has 1 aromatic heterocycles. The Bertz CT molecular complexity index is 816. The summed E-state index contributed by atoms with van der Waals surface area (Å²) in [5.74, 6) is -0.924. The number of carbonyl (C=O) groups excluding carboxylic acids is 1. The van der Waals surface area contributed by atoms with Gasteiger partial charge in [-0.15, -0.1) is 0 Å². The summed E-state index contributed by atoms with van der Waals surface area (Å²) in [5.41, 5.74) is 2.39. The van der Waals surface area contributed by atoms with Crippen LogP contribution in [0.15, 0.2) is 54.6 Å². The van der Waals surface area contributed by atoms with Crippen molar-refractivity contribution in [3.8, 4) is 11.3 Å². The predicted octanol–water partition coefficient (Wildman–Crippen LogP) is 3.83. The van der Waals surface area contributed by atoms with Gasteiger partial charge in [0.15, 0.2) is 0 Å². The van der Waals surface area contributed by atoms with Crippen LogP contribution >= 0.6 is 0 Å². The highest BCUT2D eigenvalue weighted by Gasteiger charge is 2.14. The number of rotatable bonds is 2. The quantitative estimate of drug-likeness (QED) is 0.670. The zero-order valence-corrected chi connectivity index (χ0v) is 11.3. The monoisotopic (exact) mass is 281 g/mol. The van der Waals surface area contributed by atoms with Crippen molar-refractivity contribution in [3.63, 3.8) is 0 Å². The van der Waals surface area contributed by atoms with E-state index in [2.05, 4.69) is 4.98 Å². The maximum Gasteiger partial charge on any atom is 0.338 e. The van der Waals surface area contributed by atoms with Gasteiger partial charge in [-0.25, -0.2) is 14.2 Å². The third-order valence-corrected chi connectivity index (χ3v) is 3.25. The summed E-state index contributed by atoms with van der Waals surface area (Å²) in [6, 6.07) is 15.3. The van der Waals surface area contributed by atoms with Crippen molar-refractivity contribution in [1.29, 1.82) is 0 Å². The average Bonchev–Trinajstić information content (AvgIpc) is 2.54. The lowest BCUT2D eigenvalue weighted by atomic mass is 10.0. The topological polar surface area (TPSA) is 39.2 Å². The number of carbonyl (C=O) groups is 1. The first-order valence-electron chi connectivity index (χ1n) is 6.43. The third kappa shape index (κ3) is 2.48. The minimum absolute atomic E-state index is 0.306. The van der Waals surface area contributed by atoms with E-state index in [-0.39, 0.29) is 0 Å². The van der Waals surface area contributed by atoms with Crippen molar-refractivity contribution in [1.82, 2.24) is 4.98 Å². The van der Waals surface area contributed by atoms with Crippen molar-refractivity contribution in [2.45, 2.75) is 0 Å². The number of pyridine rings is 1. The number of fused-ring (bicyclic) bond motifs is 1. The number of aromatic nitrogens is 1. The summed E-state index contributed by atoms with van der Waals surface area (Å²) in [5, 5.41) is 0.446. The van der Waals surface area contributed by atoms with Gasteiger partial charge < -0.3 is 4.74 Å². The van der Waals surface area contributed by atoms with Crippen LogP contribution in [0.25, 0.3) is 22.2 Å². The largest absolute Gasteiger partial charge is 0.465 e. The molecule has 2 aromatic carbocycles. The Morgan fingerprint density at radius 2 is 1.86 bits per heavy atom. The van der Waals surface area contributed by atoms with Crippen LogP contribution in [0.2, 0.25) is 0 Å². The number of hydrogen-bond donors (Lipinski definition) is 0. The molecule has 3 nitrogen and oxygen atoms in total. The van der Waals surface area contributed by atoms with Gasteiger partial charge in [-0.05, 0) is 24.3 Å². The van der Waals surface area contributed by atoms with E-state index in [0.29, 0.717) is 22.2 Å². The molecule has 0 saturated heterocycles. The second-order valence-electron chi connectivity index (χ2n) is 4.57. The number of methoxy groups -OCH3 is 1. The first kappa shape index (κ1) is 13.2. The summed E-state index contributed by atoms with van der Waals surface area (Å²) in [6.45, 7) is 0. The van der Waals surface area contributed by atoms with Gasteiger partial charge in [0.2, 0.25) is 0 Å². The molecule has 0 aliphatic rings. The molecule has 0 amide bonds. The van der Waals surface area contributed by atoms with E-state index >= 15 is 0 Å². The molecular formula is C17H12FNO2. The molecule has 0 aliphatic heterocycles. The molecule has 3 aromatic rings. The number of benzene rings is 2. The average molecular weight is 281 g/mol. The molecule has 4 heteroatoms. The van der Waals surface area contributed by atoms with E-state index in [9.17, 15) is 9.18 Å². The van der Waals surface area contributed by atoms with Crippen LogP contribution in [0.4, 0.5) is 4.39 Å². The molecule has 0 unspecified atom stereocenters. The van der Waals surface area contributed by atoms with Crippen LogP contribution in [0, 0.1) is 5.82 Å². The van der Waals surface area contributed by atoms with Crippen molar-refractivity contribution in [2.75, 3.05) is 7.11 Å². The first-order chi connectivity index (χ1) is 10.2. The Morgan fingerprint density at radius 1 is 1.10 bits per heavy atom. The highest BCUT2D eigenvalue weighted by atomic mass is 19.1. The van der Waals surface area contributed by atoms with Crippen LogP contribution in [0.5, 0.6) is 0 Å². The third-order valence-electron chi connectivity index (χ3n) is 3.25. The predicted molar refractivity (Wildman–Crippen MR) is 78.5 cm³/mol. The molecular weight excluding hydrogens is 269 g/mol. The second kappa shape index (κ2) is 5.32. The van der Waals surface area contributed by atoms with Gasteiger partial charge >= 0.3 is 5.97 Å². The molecule has 104 valence electrons. The smallest absolute Gasteiger partial charge is 0.338 e. The lowest BCUT2D eigenvalue weighted by Gasteiger charge is -2.08. The summed E-state index contributed by atoms with van der Waals surface area (Å²) in [7, 11) is 1.30. The SMILES string of the molecule is COC(=O)c1cc(-c2ccccc2)nc2ccc(F)cc12. The Kier molecular flexibility index (Phi) is 3.36. The zero-order chi connectivity index (χ0) is 14.8. The number of halogens is 1. The van der Waals surface area contributed by atoms with E-state index in [1.807, 2.05) is 30.3 Å². The van der Waals surface area contributed by atoms with Crippen LogP contribution in [0.1, 0.15) is 10.4 Å².